The molecule has 0 aromatic heterocycles. The van der Waals surface area contributed by atoms with E-state index in [1.54, 1.807) is 11.0 Å². The van der Waals surface area contributed by atoms with E-state index in [0.29, 0.717) is 18.5 Å². The molecule has 2 unspecified atom stereocenters. The van der Waals surface area contributed by atoms with Crippen LogP contribution in [0.5, 0.6) is 0 Å². The van der Waals surface area contributed by atoms with Crippen LogP contribution in [0.1, 0.15) is 6.92 Å². The lowest BCUT2D eigenvalue weighted by Gasteiger charge is -2.23. The molecule has 0 spiro atoms. The van der Waals surface area contributed by atoms with Crippen molar-refractivity contribution in [3.63, 3.8) is 0 Å². The zero-order valence-corrected chi connectivity index (χ0v) is 15.1. The van der Waals surface area contributed by atoms with Crippen molar-refractivity contribution < 1.29 is 31.7 Å². The van der Waals surface area contributed by atoms with Crippen LogP contribution in [0.25, 0.3) is 0 Å². The molecule has 9 nitrogen and oxygen atoms in total. The second kappa shape index (κ2) is 9.03. The highest BCUT2D eigenvalue weighted by atomic mass is 32.2. The van der Waals surface area contributed by atoms with Gasteiger partial charge in [-0.3, -0.25) is 14.1 Å². The minimum absolute atomic E-state index is 0.164. The number of hydrogen-bond donors (Lipinski definition) is 2. The summed E-state index contributed by atoms with van der Waals surface area (Å²) in [7, 11) is 1.50. The van der Waals surface area contributed by atoms with E-state index in [4.69, 9.17) is 9.29 Å². The minimum Gasteiger partial charge on any atom is -0.354 e. The van der Waals surface area contributed by atoms with Crippen LogP contribution in [0.15, 0.2) is 18.2 Å². The molecule has 3 atom stereocenters. The van der Waals surface area contributed by atoms with E-state index >= 15 is 0 Å². The van der Waals surface area contributed by atoms with Crippen LogP contribution >= 0.6 is 0 Å². The Hall–Kier alpha value is -2.08. The first-order valence-electron chi connectivity index (χ1n) is 7.68. The van der Waals surface area contributed by atoms with E-state index in [0.717, 1.165) is 0 Å². The molecule has 0 aliphatic carbocycles. The van der Waals surface area contributed by atoms with Gasteiger partial charge in [0, 0.05) is 32.7 Å². The molecule has 0 bridgehead atoms. The maximum Gasteiger partial charge on any atom is 0.303 e. The third-order valence-corrected chi connectivity index (χ3v) is 4.06. The summed E-state index contributed by atoms with van der Waals surface area (Å²) in [6.07, 6.45) is -0.667. The van der Waals surface area contributed by atoms with Crippen LogP contribution in [0.3, 0.4) is 0 Å². The van der Waals surface area contributed by atoms with Gasteiger partial charge < -0.3 is 19.9 Å². The Balaban J connectivity index is 2.10. The Labute approximate surface area is 152 Å². The number of aldehydes is 1. The lowest BCUT2D eigenvalue weighted by Crippen LogP contribution is -2.33. The van der Waals surface area contributed by atoms with Crippen molar-refractivity contribution in [2.24, 2.45) is 0 Å². The van der Waals surface area contributed by atoms with Crippen molar-refractivity contribution in [1.82, 2.24) is 5.32 Å². The number of amides is 1. The van der Waals surface area contributed by atoms with Crippen molar-refractivity contribution in [2.45, 2.75) is 19.3 Å². The minimum atomic E-state index is -2.45. The molecule has 1 heterocycles. The van der Waals surface area contributed by atoms with Gasteiger partial charge in [0.1, 0.15) is 12.5 Å². The molecule has 1 aliphatic heterocycles. The summed E-state index contributed by atoms with van der Waals surface area (Å²) in [4.78, 5) is 25.2. The van der Waals surface area contributed by atoms with Gasteiger partial charge in [-0.1, -0.05) is 0 Å². The predicted molar refractivity (Wildman–Crippen MR) is 92.3 cm³/mol. The number of hydrogen-bond acceptors (Lipinski definition) is 7. The number of ether oxygens (including phenoxy) is 1. The molecule has 1 saturated heterocycles. The summed E-state index contributed by atoms with van der Waals surface area (Å²) < 4.78 is 43.6. The number of nitrogens with zero attached hydrogens (tertiary/aromatic N) is 2. The van der Waals surface area contributed by atoms with E-state index in [-0.39, 0.29) is 24.9 Å². The molecule has 1 aromatic rings. The number of carbonyl (C=O) groups excluding carboxylic acids is 2. The molecule has 2 rings (SSSR count). The standard InChI is InChI=1S/C15H20FN3O6S/c1-10(21)17-6-12-7-19(15(8-20)25-12)11-3-4-14(13(16)5-11)18(2)9-24-26(22)23/h3-5,8,12,15H,6-7,9H2,1-2H3,(H,17,21)(H,22,23)/t12-,15?/m0/s1. The maximum absolute atomic E-state index is 14.4. The molecule has 1 aliphatic rings. The molecule has 11 heteroatoms. The summed E-state index contributed by atoms with van der Waals surface area (Å²) in [6.45, 7) is 1.66. The number of carbonyl (C=O) groups is 2. The van der Waals surface area contributed by atoms with Crippen molar-refractivity contribution in [3.8, 4) is 0 Å². The summed E-state index contributed by atoms with van der Waals surface area (Å²) >= 11 is -2.45. The van der Waals surface area contributed by atoms with Crippen LogP contribution in [0.4, 0.5) is 15.8 Å². The Morgan fingerprint density at radius 1 is 1.62 bits per heavy atom. The number of halogens is 1. The Morgan fingerprint density at radius 3 is 2.92 bits per heavy atom. The number of anilines is 2. The molecular formula is C15H20FN3O6S. The predicted octanol–water partition coefficient (Wildman–Crippen LogP) is 0.239. The van der Waals surface area contributed by atoms with E-state index < -0.39 is 29.5 Å². The third-order valence-electron chi connectivity index (χ3n) is 3.76. The summed E-state index contributed by atoms with van der Waals surface area (Å²) in [5.74, 6) is -0.800. The van der Waals surface area contributed by atoms with Crippen molar-refractivity contribution in [3.05, 3.63) is 24.0 Å². The molecule has 144 valence electrons. The zero-order valence-electron chi connectivity index (χ0n) is 14.3. The van der Waals surface area contributed by atoms with E-state index in [1.807, 2.05) is 0 Å². The Morgan fingerprint density at radius 2 is 2.35 bits per heavy atom. The van der Waals surface area contributed by atoms with Crippen molar-refractivity contribution >= 4 is 34.9 Å². The average Bonchev–Trinajstić information content (AvgIpc) is 3.01. The van der Waals surface area contributed by atoms with E-state index in [1.165, 1.54) is 31.0 Å². The summed E-state index contributed by atoms with van der Waals surface area (Å²) in [6, 6.07) is 4.31. The second-order valence-corrected chi connectivity index (χ2v) is 6.34. The lowest BCUT2D eigenvalue weighted by molar-refractivity contribution is -0.120. The summed E-state index contributed by atoms with van der Waals surface area (Å²) in [5.41, 5.74) is 0.602. The quantitative estimate of drug-likeness (QED) is 0.370. The molecule has 0 radical (unpaired) electrons. The molecule has 1 aromatic carbocycles. The largest absolute Gasteiger partial charge is 0.354 e. The van der Waals surface area contributed by atoms with E-state index in [2.05, 4.69) is 9.50 Å². The molecule has 1 fully saturated rings. The zero-order chi connectivity index (χ0) is 19.3. The second-order valence-electron chi connectivity index (χ2n) is 5.67. The first kappa shape index (κ1) is 20.2. The maximum atomic E-state index is 14.4. The van der Waals surface area contributed by atoms with Crippen LogP contribution < -0.4 is 15.1 Å². The van der Waals surface area contributed by atoms with Crippen LogP contribution in [-0.2, 0) is 29.9 Å². The summed E-state index contributed by atoms with van der Waals surface area (Å²) in [5, 5.41) is 2.62. The fourth-order valence-electron chi connectivity index (χ4n) is 2.54. The van der Waals surface area contributed by atoms with Gasteiger partial charge in [-0.05, 0) is 18.2 Å². The van der Waals surface area contributed by atoms with Crippen molar-refractivity contribution in [2.75, 3.05) is 36.7 Å². The van der Waals surface area contributed by atoms with Gasteiger partial charge in [-0.15, -0.1) is 0 Å². The van der Waals surface area contributed by atoms with Gasteiger partial charge in [0.05, 0.1) is 11.8 Å². The highest BCUT2D eigenvalue weighted by Crippen LogP contribution is 2.28. The van der Waals surface area contributed by atoms with Crippen LogP contribution in [0.2, 0.25) is 0 Å². The molecule has 0 saturated carbocycles. The first-order chi connectivity index (χ1) is 12.3. The molecular weight excluding hydrogens is 369 g/mol. The fourth-order valence-corrected chi connectivity index (χ4v) is 2.79. The molecule has 1 amide bonds. The van der Waals surface area contributed by atoms with Gasteiger partial charge in [0.15, 0.2) is 12.5 Å². The van der Waals surface area contributed by atoms with E-state index in [9.17, 15) is 18.2 Å². The first-order valence-corrected chi connectivity index (χ1v) is 8.71. The number of nitrogens with one attached hydrogen (secondary N) is 1. The van der Waals surface area contributed by atoms with Gasteiger partial charge in [0.2, 0.25) is 5.91 Å². The lowest BCUT2D eigenvalue weighted by atomic mass is 10.2. The van der Waals surface area contributed by atoms with Gasteiger partial charge >= 0.3 is 11.4 Å². The monoisotopic (exact) mass is 389 g/mol. The Bertz CT molecular complexity index is 691. The normalized spacial score (nSPS) is 20.7. The Kier molecular flexibility index (Phi) is 7.03. The highest BCUT2D eigenvalue weighted by molar-refractivity contribution is 7.74. The molecule has 2 N–H and O–H groups in total. The van der Waals surface area contributed by atoms with Gasteiger partial charge in [-0.25, -0.2) is 8.57 Å². The third kappa shape index (κ3) is 5.21. The van der Waals surface area contributed by atoms with Gasteiger partial charge in [0.25, 0.3) is 0 Å². The van der Waals surface area contributed by atoms with Crippen molar-refractivity contribution in [1.29, 1.82) is 0 Å². The SMILES string of the molecule is CC(=O)NC[C@H]1CN(c2ccc(N(C)COS(=O)O)c(F)c2)C(C=O)O1. The fraction of sp³-hybridized carbons (Fsp3) is 0.467. The topological polar surface area (TPSA) is 108 Å². The average molecular weight is 389 g/mol. The van der Waals surface area contributed by atoms with Crippen LogP contribution in [0, 0.1) is 5.82 Å². The molecule has 26 heavy (non-hydrogen) atoms. The number of rotatable bonds is 8. The van der Waals surface area contributed by atoms with Crippen LogP contribution in [-0.4, -0.2) is 60.2 Å². The highest BCUT2D eigenvalue weighted by Gasteiger charge is 2.33. The smallest absolute Gasteiger partial charge is 0.303 e. The number of benzene rings is 1. The van der Waals surface area contributed by atoms with Gasteiger partial charge in [-0.2, -0.15) is 4.21 Å².